The van der Waals surface area contributed by atoms with E-state index in [0.29, 0.717) is 31.9 Å². The van der Waals surface area contributed by atoms with Crippen LogP contribution in [-0.4, -0.2) is 87.9 Å². The summed E-state index contributed by atoms with van der Waals surface area (Å²) >= 11 is 0. The van der Waals surface area contributed by atoms with Crippen molar-refractivity contribution in [3.8, 4) is 0 Å². The van der Waals surface area contributed by atoms with Crippen LogP contribution in [0.2, 0.25) is 0 Å². The first kappa shape index (κ1) is 25.4. The van der Waals surface area contributed by atoms with E-state index in [2.05, 4.69) is 15.2 Å². The summed E-state index contributed by atoms with van der Waals surface area (Å²) in [6.45, 7) is 2.10. The number of alkyl halides is 3. The third-order valence-electron chi connectivity index (χ3n) is 6.64. The number of halogens is 3. The van der Waals surface area contributed by atoms with Gasteiger partial charge in [-0.25, -0.2) is 13.1 Å². The first-order valence-electron chi connectivity index (χ1n) is 11.7. The number of carbonyl (C=O) groups is 1. The molecule has 2 aliphatic rings. The Morgan fingerprint density at radius 3 is 2.51 bits per heavy atom. The van der Waals surface area contributed by atoms with Crippen molar-refractivity contribution in [1.29, 1.82) is 0 Å². The Morgan fingerprint density at radius 1 is 1.05 bits per heavy atom. The maximum atomic E-state index is 13.3. The zero-order chi connectivity index (χ0) is 26.2. The zero-order valence-electron chi connectivity index (χ0n) is 19.7. The molecule has 0 radical (unpaired) electrons. The third kappa shape index (κ3) is 5.55. The molecule has 1 atom stereocenters. The van der Waals surface area contributed by atoms with Crippen LogP contribution in [0, 0.1) is 0 Å². The van der Waals surface area contributed by atoms with E-state index in [-0.39, 0.29) is 48.7 Å². The van der Waals surface area contributed by atoms with E-state index in [1.165, 1.54) is 39.6 Å². The fourth-order valence-electron chi connectivity index (χ4n) is 4.76. The van der Waals surface area contributed by atoms with Crippen LogP contribution in [0.1, 0.15) is 27.4 Å². The van der Waals surface area contributed by atoms with Crippen LogP contribution >= 0.6 is 0 Å². The molecule has 0 saturated carbocycles. The smallest absolute Gasteiger partial charge is 0.416 e. The molecule has 0 aliphatic carbocycles. The lowest BCUT2D eigenvalue weighted by Gasteiger charge is -2.37. The van der Waals surface area contributed by atoms with E-state index in [9.17, 15) is 26.4 Å². The van der Waals surface area contributed by atoms with Gasteiger partial charge in [-0.2, -0.15) is 17.5 Å². The van der Waals surface area contributed by atoms with Crippen LogP contribution in [0.4, 0.5) is 13.2 Å². The molecule has 0 N–H and O–H groups in total. The standard InChI is InChI=1S/C23H25F3N6O4S/c24-23(25,26)20-5-2-1-4-17(20)12-31-13-18(27-28-31)14-32-15-19(16-37(32,34)35)29-7-9-30(10-8-29)22(33)21-6-3-11-36-21/h1-6,11,13,19H,7-10,12,14-16H2. The summed E-state index contributed by atoms with van der Waals surface area (Å²) in [5.41, 5.74) is -0.351. The van der Waals surface area contributed by atoms with Gasteiger partial charge < -0.3 is 9.32 Å². The highest BCUT2D eigenvalue weighted by Crippen LogP contribution is 2.32. The maximum Gasteiger partial charge on any atom is 0.416 e. The summed E-state index contributed by atoms with van der Waals surface area (Å²) in [4.78, 5) is 16.2. The van der Waals surface area contributed by atoms with Gasteiger partial charge in [0.05, 0.1) is 42.6 Å². The monoisotopic (exact) mass is 538 g/mol. The van der Waals surface area contributed by atoms with Gasteiger partial charge in [0.1, 0.15) is 0 Å². The summed E-state index contributed by atoms with van der Waals surface area (Å²) in [6, 6.07) is 8.26. The van der Waals surface area contributed by atoms with Crippen molar-refractivity contribution < 1.29 is 30.8 Å². The quantitative estimate of drug-likeness (QED) is 0.472. The van der Waals surface area contributed by atoms with Gasteiger partial charge in [-0.15, -0.1) is 5.10 Å². The number of hydrogen-bond acceptors (Lipinski definition) is 7. The molecule has 198 valence electrons. The van der Waals surface area contributed by atoms with Crippen molar-refractivity contribution in [2.45, 2.75) is 25.3 Å². The lowest BCUT2D eigenvalue weighted by Crippen LogP contribution is -2.53. The molecule has 1 unspecified atom stereocenters. The van der Waals surface area contributed by atoms with Crippen LogP contribution in [-0.2, 0) is 29.3 Å². The molecule has 37 heavy (non-hydrogen) atoms. The molecule has 2 aromatic heterocycles. The van der Waals surface area contributed by atoms with Gasteiger partial charge in [-0.3, -0.25) is 9.69 Å². The Kier molecular flexibility index (Phi) is 6.81. The third-order valence-corrected chi connectivity index (χ3v) is 8.51. The van der Waals surface area contributed by atoms with Gasteiger partial charge in [0, 0.05) is 38.8 Å². The number of nitrogens with zero attached hydrogens (tertiary/aromatic N) is 6. The predicted octanol–water partition coefficient (Wildman–Crippen LogP) is 1.91. The van der Waals surface area contributed by atoms with E-state index in [1.807, 2.05) is 0 Å². The first-order chi connectivity index (χ1) is 17.6. The van der Waals surface area contributed by atoms with Crippen molar-refractivity contribution in [3.05, 3.63) is 71.4 Å². The number of amides is 1. The maximum absolute atomic E-state index is 13.3. The van der Waals surface area contributed by atoms with E-state index in [4.69, 9.17) is 4.42 Å². The van der Waals surface area contributed by atoms with Gasteiger partial charge in [0.15, 0.2) is 5.76 Å². The van der Waals surface area contributed by atoms with E-state index < -0.39 is 21.8 Å². The van der Waals surface area contributed by atoms with Gasteiger partial charge in [0.2, 0.25) is 10.0 Å². The van der Waals surface area contributed by atoms with Crippen LogP contribution in [0.5, 0.6) is 0 Å². The van der Waals surface area contributed by atoms with Gasteiger partial charge >= 0.3 is 6.18 Å². The van der Waals surface area contributed by atoms with Crippen LogP contribution in [0.3, 0.4) is 0 Å². The first-order valence-corrected chi connectivity index (χ1v) is 13.3. The largest absolute Gasteiger partial charge is 0.459 e. The number of rotatable bonds is 6. The normalized spacial score (nSPS) is 20.9. The molecule has 4 heterocycles. The second-order valence-electron chi connectivity index (χ2n) is 9.09. The highest BCUT2D eigenvalue weighted by atomic mass is 32.2. The molecule has 1 aromatic carbocycles. The molecule has 3 aromatic rings. The van der Waals surface area contributed by atoms with Crippen molar-refractivity contribution >= 4 is 15.9 Å². The fourth-order valence-corrected chi connectivity index (χ4v) is 6.50. The Hall–Kier alpha value is -3.23. The highest BCUT2D eigenvalue weighted by molar-refractivity contribution is 7.89. The average Bonchev–Trinajstić information content (AvgIpc) is 3.60. The lowest BCUT2D eigenvalue weighted by molar-refractivity contribution is -0.138. The van der Waals surface area contributed by atoms with Crippen LogP contribution < -0.4 is 0 Å². The number of aromatic nitrogens is 3. The van der Waals surface area contributed by atoms with Crippen LogP contribution in [0.25, 0.3) is 0 Å². The fraction of sp³-hybridized carbons (Fsp3) is 0.435. The molecule has 0 bridgehead atoms. The molecule has 1 amide bonds. The average molecular weight is 539 g/mol. The summed E-state index contributed by atoms with van der Waals surface area (Å²) in [6.07, 6.45) is -1.58. The molecule has 2 aliphatic heterocycles. The van der Waals surface area contributed by atoms with Crippen LogP contribution in [0.15, 0.2) is 53.3 Å². The second kappa shape index (κ2) is 9.91. The van der Waals surface area contributed by atoms with E-state index >= 15 is 0 Å². The van der Waals surface area contributed by atoms with Crippen molar-refractivity contribution in [2.75, 3.05) is 38.5 Å². The molecular weight excluding hydrogens is 513 g/mol. The summed E-state index contributed by atoms with van der Waals surface area (Å²) in [7, 11) is -3.55. The lowest BCUT2D eigenvalue weighted by atomic mass is 10.1. The Balaban J connectivity index is 1.19. The molecule has 10 nitrogen and oxygen atoms in total. The number of piperazine rings is 1. The SMILES string of the molecule is O=C(c1ccco1)N1CCN(C2CN(Cc3cn(Cc4ccccc4C(F)(F)F)nn3)S(=O)(=O)C2)CC1. The van der Waals surface area contributed by atoms with Crippen molar-refractivity contribution in [1.82, 2.24) is 29.1 Å². The predicted molar refractivity (Wildman–Crippen MR) is 125 cm³/mol. The Bertz CT molecular complexity index is 1350. The molecule has 0 spiro atoms. The number of sulfonamides is 1. The number of carbonyl (C=O) groups excluding carboxylic acids is 1. The Morgan fingerprint density at radius 2 is 1.81 bits per heavy atom. The topological polar surface area (TPSA) is 105 Å². The second-order valence-corrected chi connectivity index (χ2v) is 11.1. The Labute approximate surface area is 211 Å². The minimum absolute atomic E-state index is 0.0172. The van der Waals surface area contributed by atoms with Gasteiger partial charge in [0.25, 0.3) is 5.91 Å². The number of benzene rings is 1. The summed E-state index contributed by atoms with van der Waals surface area (Å²) in [5.74, 6) is 0.0379. The molecular formula is C23H25F3N6O4S. The minimum Gasteiger partial charge on any atom is -0.459 e. The van der Waals surface area contributed by atoms with Gasteiger partial charge in [-0.05, 0) is 23.8 Å². The van der Waals surface area contributed by atoms with Crippen molar-refractivity contribution in [2.24, 2.45) is 0 Å². The summed E-state index contributed by atoms with van der Waals surface area (Å²) < 4.78 is 73.3. The van der Waals surface area contributed by atoms with Crippen molar-refractivity contribution in [3.63, 3.8) is 0 Å². The molecule has 5 rings (SSSR count). The summed E-state index contributed by atoms with van der Waals surface area (Å²) in [5, 5.41) is 7.88. The molecule has 14 heteroatoms. The van der Waals surface area contributed by atoms with E-state index in [1.54, 1.807) is 17.0 Å². The number of furan rings is 1. The highest BCUT2D eigenvalue weighted by Gasteiger charge is 2.40. The molecule has 2 saturated heterocycles. The van der Waals surface area contributed by atoms with E-state index in [0.717, 1.165) is 6.07 Å². The minimum atomic E-state index is -4.49. The molecule has 2 fully saturated rings. The van der Waals surface area contributed by atoms with Gasteiger partial charge in [-0.1, -0.05) is 23.4 Å². The number of hydrogen-bond donors (Lipinski definition) is 0. The zero-order valence-corrected chi connectivity index (χ0v) is 20.5.